The van der Waals surface area contributed by atoms with Crippen LogP contribution in [0.25, 0.3) is 0 Å². The summed E-state index contributed by atoms with van der Waals surface area (Å²) in [5, 5.41) is 0. The molecule has 4 saturated carbocycles. The van der Waals surface area contributed by atoms with E-state index in [0.717, 1.165) is 17.8 Å². The van der Waals surface area contributed by atoms with Crippen molar-refractivity contribution in [1.82, 2.24) is 4.90 Å². The van der Waals surface area contributed by atoms with Gasteiger partial charge in [0, 0.05) is 5.41 Å². The van der Waals surface area contributed by atoms with E-state index in [1.54, 1.807) is 0 Å². The van der Waals surface area contributed by atoms with Gasteiger partial charge in [-0.25, -0.2) is 0 Å². The van der Waals surface area contributed by atoms with Crippen LogP contribution < -0.4 is 0 Å². The summed E-state index contributed by atoms with van der Waals surface area (Å²) in [4.78, 5) is 14.9. The van der Waals surface area contributed by atoms with E-state index in [0.29, 0.717) is 5.78 Å². The van der Waals surface area contributed by atoms with Crippen molar-refractivity contribution < 1.29 is 4.79 Å². The van der Waals surface area contributed by atoms with Gasteiger partial charge in [-0.15, -0.1) is 12.4 Å². The molecule has 104 valence electrons. The van der Waals surface area contributed by atoms with Crippen LogP contribution >= 0.6 is 12.4 Å². The molecule has 4 fully saturated rings. The van der Waals surface area contributed by atoms with Crippen LogP contribution in [0.4, 0.5) is 0 Å². The number of likely N-dealkylation sites (N-methyl/N-ethyl adjacent to an activating group) is 1. The summed E-state index contributed by atoms with van der Waals surface area (Å²) in [6.45, 7) is 2.08. The van der Waals surface area contributed by atoms with Gasteiger partial charge in [0.2, 0.25) is 0 Å². The molecule has 4 aliphatic rings. The predicted octanol–water partition coefficient (Wildman–Crippen LogP) is 3.14. The number of hydrogen-bond donors (Lipinski definition) is 0. The number of nitrogens with zero attached hydrogens (tertiary/aromatic N) is 1. The lowest BCUT2D eigenvalue weighted by Gasteiger charge is -2.56. The molecule has 0 spiro atoms. The first-order chi connectivity index (χ1) is 8.00. The highest BCUT2D eigenvalue weighted by atomic mass is 35.5. The Morgan fingerprint density at radius 3 is 1.78 bits per heavy atom. The summed E-state index contributed by atoms with van der Waals surface area (Å²) < 4.78 is 0. The quantitative estimate of drug-likeness (QED) is 0.786. The fourth-order valence-corrected chi connectivity index (χ4v) is 5.09. The second-order valence-electron chi connectivity index (χ2n) is 7.20. The Bertz CT molecular complexity index is 304. The van der Waals surface area contributed by atoms with E-state index < -0.39 is 0 Å². The predicted molar refractivity (Wildman–Crippen MR) is 76.0 cm³/mol. The van der Waals surface area contributed by atoms with E-state index in [1.165, 1.54) is 38.5 Å². The van der Waals surface area contributed by atoms with Crippen LogP contribution in [0.1, 0.15) is 45.4 Å². The smallest absolute Gasteiger partial charge is 0.155 e. The molecule has 1 unspecified atom stereocenters. The van der Waals surface area contributed by atoms with Gasteiger partial charge in [-0.2, -0.15) is 0 Å². The molecule has 0 N–H and O–H groups in total. The fraction of sp³-hybridized carbons (Fsp3) is 0.933. The molecule has 0 saturated heterocycles. The van der Waals surface area contributed by atoms with Gasteiger partial charge in [-0.05, 0) is 77.3 Å². The summed E-state index contributed by atoms with van der Waals surface area (Å²) >= 11 is 0. The summed E-state index contributed by atoms with van der Waals surface area (Å²) in [5.41, 5.74) is 0.0818. The van der Waals surface area contributed by atoms with E-state index in [9.17, 15) is 4.79 Å². The standard InChI is InChI=1S/C15H25NO.ClH/c1-10(16(2)3)14(17)15-7-11-4-12(8-15)6-13(5-11)9-15;/h10-13H,4-9H2,1-3H3;1H. The van der Waals surface area contributed by atoms with Crippen molar-refractivity contribution in [3.8, 4) is 0 Å². The second kappa shape index (κ2) is 4.79. The third-order valence-corrected chi connectivity index (χ3v) is 5.71. The highest BCUT2D eigenvalue weighted by molar-refractivity contribution is 5.89. The molecule has 0 aromatic heterocycles. The third kappa shape index (κ3) is 2.12. The monoisotopic (exact) mass is 271 g/mol. The molecule has 0 radical (unpaired) electrons. The molecule has 0 amide bonds. The van der Waals surface area contributed by atoms with Crippen molar-refractivity contribution >= 4 is 18.2 Å². The van der Waals surface area contributed by atoms with Gasteiger partial charge in [-0.3, -0.25) is 9.69 Å². The molecule has 4 aliphatic carbocycles. The van der Waals surface area contributed by atoms with Crippen LogP contribution in [0, 0.1) is 23.2 Å². The molecule has 4 bridgehead atoms. The van der Waals surface area contributed by atoms with Gasteiger partial charge in [0.05, 0.1) is 6.04 Å². The molecule has 2 nitrogen and oxygen atoms in total. The Morgan fingerprint density at radius 1 is 1.06 bits per heavy atom. The summed E-state index contributed by atoms with van der Waals surface area (Å²) in [5.74, 6) is 3.17. The number of carbonyl (C=O) groups is 1. The minimum absolute atomic E-state index is 0. The van der Waals surface area contributed by atoms with Gasteiger partial charge in [0.1, 0.15) is 0 Å². The Morgan fingerprint density at radius 2 is 1.44 bits per heavy atom. The second-order valence-corrected chi connectivity index (χ2v) is 7.20. The molecule has 1 atom stereocenters. The van der Waals surface area contributed by atoms with Crippen LogP contribution in [0.2, 0.25) is 0 Å². The zero-order valence-electron chi connectivity index (χ0n) is 11.8. The zero-order valence-corrected chi connectivity index (χ0v) is 12.6. The van der Waals surface area contributed by atoms with E-state index in [1.807, 2.05) is 14.1 Å². The maximum atomic E-state index is 12.8. The van der Waals surface area contributed by atoms with Crippen LogP contribution in [0.3, 0.4) is 0 Å². The van der Waals surface area contributed by atoms with Gasteiger partial charge in [0.15, 0.2) is 5.78 Å². The number of hydrogen-bond acceptors (Lipinski definition) is 2. The summed E-state index contributed by atoms with van der Waals surface area (Å²) in [6.07, 6.45) is 7.87. The average Bonchev–Trinajstić information content (AvgIpc) is 2.25. The number of carbonyl (C=O) groups excluding carboxylic acids is 1. The van der Waals surface area contributed by atoms with Crippen LogP contribution in [-0.4, -0.2) is 30.8 Å². The Hall–Kier alpha value is -0.0800. The normalized spacial score (nSPS) is 42.8. The van der Waals surface area contributed by atoms with E-state index in [-0.39, 0.29) is 23.9 Å². The SMILES string of the molecule is CC(C(=O)C12CC3CC(CC(C3)C1)C2)N(C)C.Cl. The van der Waals surface area contributed by atoms with Crippen LogP contribution in [-0.2, 0) is 4.79 Å². The molecule has 3 heteroatoms. The largest absolute Gasteiger partial charge is 0.300 e. The van der Waals surface area contributed by atoms with Crippen molar-refractivity contribution in [3.63, 3.8) is 0 Å². The van der Waals surface area contributed by atoms with Crippen LogP contribution in [0.5, 0.6) is 0 Å². The molecule has 0 aromatic rings. The first kappa shape index (κ1) is 14.3. The van der Waals surface area contributed by atoms with Gasteiger partial charge in [0.25, 0.3) is 0 Å². The van der Waals surface area contributed by atoms with Crippen molar-refractivity contribution in [2.45, 2.75) is 51.5 Å². The van der Waals surface area contributed by atoms with E-state index in [4.69, 9.17) is 0 Å². The Labute approximate surface area is 117 Å². The molecule has 0 aliphatic heterocycles. The maximum absolute atomic E-state index is 12.8. The first-order valence-electron chi connectivity index (χ1n) is 7.21. The fourth-order valence-electron chi connectivity index (χ4n) is 5.09. The number of rotatable bonds is 3. The maximum Gasteiger partial charge on any atom is 0.155 e. The molecular formula is C15H26ClNO. The van der Waals surface area contributed by atoms with Gasteiger partial charge >= 0.3 is 0 Å². The average molecular weight is 272 g/mol. The summed E-state index contributed by atoms with van der Waals surface area (Å²) in [6, 6.07) is 0.103. The molecule has 0 heterocycles. The summed E-state index contributed by atoms with van der Waals surface area (Å²) in [7, 11) is 4.06. The molecular weight excluding hydrogens is 246 g/mol. The minimum atomic E-state index is 0. The topological polar surface area (TPSA) is 20.3 Å². The number of halogens is 1. The van der Waals surface area contributed by atoms with E-state index >= 15 is 0 Å². The van der Waals surface area contributed by atoms with Crippen molar-refractivity contribution in [2.24, 2.45) is 23.2 Å². The third-order valence-electron chi connectivity index (χ3n) is 5.71. The minimum Gasteiger partial charge on any atom is -0.300 e. The number of ketones is 1. The zero-order chi connectivity index (χ0) is 12.2. The number of Topliss-reactive ketones (excluding diaryl/α,β-unsaturated/α-hetero) is 1. The molecule has 0 aromatic carbocycles. The van der Waals surface area contributed by atoms with Gasteiger partial charge in [-0.1, -0.05) is 0 Å². The highest BCUT2D eigenvalue weighted by Crippen LogP contribution is 2.60. The molecule has 18 heavy (non-hydrogen) atoms. The Balaban J connectivity index is 0.00000120. The van der Waals surface area contributed by atoms with Crippen molar-refractivity contribution in [1.29, 1.82) is 0 Å². The Kier molecular flexibility index (Phi) is 3.81. The first-order valence-corrected chi connectivity index (χ1v) is 7.21. The van der Waals surface area contributed by atoms with Crippen LogP contribution in [0.15, 0.2) is 0 Å². The van der Waals surface area contributed by atoms with Crippen molar-refractivity contribution in [3.05, 3.63) is 0 Å². The highest BCUT2D eigenvalue weighted by Gasteiger charge is 2.55. The lowest BCUT2D eigenvalue weighted by molar-refractivity contribution is -0.148. The lowest BCUT2D eigenvalue weighted by Crippen LogP contribution is -2.54. The van der Waals surface area contributed by atoms with E-state index in [2.05, 4.69) is 11.8 Å². The lowest BCUT2D eigenvalue weighted by atomic mass is 9.48. The molecule has 4 rings (SSSR count). The van der Waals surface area contributed by atoms with Gasteiger partial charge < -0.3 is 0 Å². The van der Waals surface area contributed by atoms with Crippen molar-refractivity contribution in [2.75, 3.05) is 14.1 Å².